The molecule has 7 heteroatoms. The highest BCUT2D eigenvalue weighted by atomic mass is 35.5. The molecule has 1 aliphatic rings. The largest absolute Gasteiger partial charge is 0.318 e. The van der Waals surface area contributed by atoms with Gasteiger partial charge in [0.05, 0.1) is 5.69 Å². The summed E-state index contributed by atoms with van der Waals surface area (Å²) in [4.78, 5) is 27.6. The van der Waals surface area contributed by atoms with Crippen LogP contribution in [0.25, 0.3) is 11.8 Å². The Balaban J connectivity index is 1.80. The van der Waals surface area contributed by atoms with E-state index in [1.807, 2.05) is 77.1 Å². The molecule has 2 aromatic carbocycles. The minimum absolute atomic E-state index is 0.0332. The van der Waals surface area contributed by atoms with Gasteiger partial charge in [0.1, 0.15) is 5.57 Å². The molecule has 33 heavy (non-hydrogen) atoms. The first-order valence-electron chi connectivity index (χ1n) is 10.5. The zero-order valence-corrected chi connectivity index (χ0v) is 20.7. The van der Waals surface area contributed by atoms with Crippen LogP contribution in [-0.4, -0.2) is 21.5 Å². The Kier molecular flexibility index (Phi) is 5.99. The maximum Gasteiger partial charge on any atom is 0.270 e. The molecule has 0 bridgehead atoms. The molecule has 1 N–H and O–H groups in total. The third kappa shape index (κ3) is 4.24. The van der Waals surface area contributed by atoms with E-state index in [0.717, 1.165) is 39.3 Å². The average molecular weight is 478 g/mol. The lowest BCUT2D eigenvalue weighted by atomic mass is 10.1. The second-order valence-electron chi connectivity index (χ2n) is 8.40. The van der Waals surface area contributed by atoms with E-state index in [9.17, 15) is 9.59 Å². The zero-order chi connectivity index (χ0) is 24.0. The van der Waals surface area contributed by atoms with Crippen molar-refractivity contribution >= 4 is 52.5 Å². The molecule has 1 saturated heterocycles. The normalized spacial score (nSPS) is 15.4. The van der Waals surface area contributed by atoms with Gasteiger partial charge in [0, 0.05) is 22.1 Å². The minimum atomic E-state index is -0.505. The molecule has 168 valence electrons. The van der Waals surface area contributed by atoms with Crippen LogP contribution in [0, 0.1) is 34.6 Å². The smallest absolute Gasteiger partial charge is 0.270 e. The number of nitrogens with one attached hydrogen (secondary N) is 1. The van der Waals surface area contributed by atoms with E-state index in [2.05, 4.69) is 9.88 Å². The number of hydrogen-bond acceptors (Lipinski definition) is 3. The minimum Gasteiger partial charge on any atom is -0.318 e. The van der Waals surface area contributed by atoms with Crippen molar-refractivity contribution in [3.05, 3.63) is 86.7 Å². The molecule has 0 aliphatic carbocycles. The Hall–Kier alpha value is -3.22. The number of carbonyl (C=O) groups is 2. The second kappa shape index (κ2) is 8.61. The van der Waals surface area contributed by atoms with E-state index in [4.69, 9.17) is 23.8 Å². The number of rotatable bonds is 3. The molecule has 4 rings (SSSR count). The first-order valence-corrected chi connectivity index (χ1v) is 11.3. The molecule has 5 nitrogen and oxygen atoms in total. The molecule has 1 aromatic heterocycles. The highest BCUT2D eigenvalue weighted by Gasteiger charge is 2.35. The molecule has 1 aliphatic heterocycles. The fourth-order valence-electron chi connectivity index (χ4n) is 4.26. The van der Waals surface area contributed by atoms with Crippen LogP contribution in [0.5, 0.6) is 0 Å². The number of aromatic nitrogens is 1. The zero-order valence-electron chi connectivity index (χ0n) is 19.1. The Morgan fingerprint density at radius 1 is 0.939 bits per heavy atom. The van der Waals surface area contributed by atoms with E-state index in [0.29, 0.717) is 10.7 Å². The standard InChI is InChI=1S/C26H24ClN3O2S/c1-14-8-15(2)10-21(9-14)30-25(32)22(24(31)28-26(30)33)12-19-11-17(4)29(18(19)5)23-13-20(27)7-6-16(23)3/h6-13H,1-5H3,(H,28,31,33)/b22-12+. The van der Waals surface area contributed by atoms with Crippen LogP contribution >= 0.6 is 23.8 Å². The van der Waals surface area contributed by atoms with Crippen molar-refractivity contribution in [3.63, 3.8) is 0 Å². The third-order valence-corrected chi connectivity index (χ3v) is 6.27. The van der Waals surface area contributed by atoms with E-state index >= 15 is 0 Å². The quantitative estimate of drug-likeness (QED) is 0.307. The van der Waals surface area contributed by atoms with Gasteiger partial charge in [-0.3, -0.25) is 19.8 Å². The van der Waals surface area contributed by atoms with Crippen molar-refractivity contribution < 1.29 is 9.59 Å². The summed E-state index contributed by atoms with van der Waals surface area (Å²) < 4.78 is 2.07. The van der Waals surface area contributed by atoms with Crippen LogP contribution in [-0.2, 0) is 9.59 Å². The van der Waals surface area contributed by atoms with Crippen LogP contribution in [0.1, 0.15) is 33.6 Å². The number of anilines is 1. The van der Waals surface area contributed by atoms with Crippen molar-refractivity contribution in [2.45, 2.75) is 34.6 Å². The third-order valence-electron chi connectivity index (χ3n) is 5.75. The van der Waals surface area contributed by atoms with Gasteiger partial charge in [0.15, 0.2) is 5.11 Å². The van der Waals surface area contributed by atoms with E-state index in [1.54, 1.807) is 6.08 Å². The number of aryl methyl sites for hydroxylation is 4. The van der Waals surface area contributed by atoms with Crippen molar-refractivity contribution in [2.24, 2.45) is 0 Å². The van der Waals surface area contributed by atoms with Gasteiger partial charge < -0.3 is 4.57 Å². The summed E-state index contributed by atoms with van der Waals surface area (Å²) in [7, 11) is 0. The lowest BCUT2D eigenvalue weighted by molar-refractivity contribution is -0.122. The van der Waals surface area contributed by atoms with E-state index in [-0.39, 0.29) is 10.7 Å². The van der Waals surface area contributed by atoms with E-state index in [1.165, 1.54) is 4.90 Å². The highest BCUT2D eigenvalue weighted by molar-refractivity contribution is 7.80. The fraction of sp³-hybridized carbons (Fsp3) is 0.192. The lowest BCUT2D eigenvalue weighted by Crippen LogP contribution is -2.54. The number of carbonyl (C=O) groups excluding carboxylic acids is 2. The van der Waals surface area contributed by atoms with E-state index < -0.39 is 11.8 Å². The van der Waals surface area contributed by atoms with Crippen molar-refractivity contribution in [3.8, 4) is 5.69 Å². The molecular formula is C26H24ClN3O2S. The number of amides is 2. The maximum absolute atomic E-state index is 13.4. The molecule has 2 heterocycles. The van der Waals surface area contributed by atoms with Gasteiger partial charge >= 0.3 is 0 Å². The van der Waals surface area contributed by atoms with Gasteiger partial charge in [0.25, 0.3) is 11.8 Å². The Bertz CT molecular complexity index is 1350. The summed E-state index contributed by atoms with van der Waals surface area (Å²) in [5, 5.41) is 3.38. The topological polar surface area (TPSA) is 54.3 Å². The van der Waals surface area contributed by atoms with Gasteiger partial charge in [0.2, 0.25) is 0 Å². The SMILES string of the molecule is Cc1cc(C)cc(N2C(=O)/C(=C/c3cc(C)n(-c4cc(Cl)ccc4C)c3C)C(=O)NC2=S)c1. The van der Waals surface area contributed by atoms with Gasteiger partial charge in [-0.25, -0.2) is 0 Å². The van der Waals surface area contributed by atoms with Crippen LogP contribution in [0.15, 0.2) is 48.0 Å². The molecule has 3 aromatic rings. The first-order chi connectivity index (χ1) is 15.6. The van der Waals surface area contributed by atoms with Crippen LogP contribution in [0.2, 0.25) is 5.02 Å². The van der Waals surface area contributed by atoms with Crippen LogP contribution in [0.3, 0.4) is 0 Å². The van der Waals surface area contributed by atoms with Crippen LogP contribution in [0.4, 0.5) is 5.69 Å². The van der Waals surface area contributed by atoms with Gasteiger partial charge in [-0.15, -0.1) is 0 Å². The average Bonchev–Trinajstić information content (AvgIpc) is 2.99. The molecule has 0 spiro atoms. The molecular weight excluding hydrogens is 454 g/mol. The van der Waals surface area contributed by atoms with Crippen molar-refractivity contribution in [2.75, 3.05) is 4.90 Å². The molecule has 2 amide bonds. The van der Waals surface area contributed by atoms with Crippen molar-refractivity contribution in [1.82, 2.24) is 9.88 Å². The second-order valence-corrected chi connectivity index (χ2v) is 9.22. The number of thiocarbonyl (C=S) groups is 1. The molecule has 0 atom stereocenters. The summed E-state index contributed by atoms with van der Waals surface area (Å²) >= 11 is 11.6. The molecule has 0 radical (unpaired) electrons. The maximum atomic E-state index is 13.4. The Morgan fingerprint density at radius 2 is 1.61 bits per heavy atom. The number of halogens is 1. The van der Waals surface area contributed by atoms with Crippen molar-refractivity contribution in [1.29, 1.82) is 0 Å². The molecule has 0 unspecified atom stereocenters. The van der Waals surface area contributed by atoms with Gasteiger partial charge in [-0.05, 0) is 105 Å². The van der Waals surface area contributed by atoms with Gasteiger partial charge in [-0.1, -0.05) is 23.7 Å². The Labute approximate surface area is 203 Å². The summed E-state index contributed by atoms with van der Waals surface area (Å²) in [5.41, 5.74) is 7.34. The molecule has 1 fully saturated rings. The predicted molar refractivity (Wildman–Crippen MR) is 137 cm³/mol. The lowest BCUT2D eigenvalue weighted by Gasteiger charge is -2.29. The predicted octanol–water partition coefficient (Wildman–Crippen LogP) is 5.50. The fourth-order valence-corrected chi connectivity index (χ4v) is 4.70. The monoisotopic (exact) mass is 477 g/mol. The van der Waals surface area contributed by atoms with Crippen LogP contribution < -0.4 is 10.2 Å². The Morgan fingerprint density at radius 3 is 2.27 bits per heavy atom. The highest BCUT2D eigenvalue weighted by Crippen LogP contribution is 2.29. The summed E-state index contributed by atoms with van der Waals surface area (Å²) in [6.45, 7) is 9.86. The van der Waals surface area contributed by atoms with Gasteiger partial charge in [-0.2, -0.15) is 0 Å². The summed E-state index contributed by atoms with van der Waals surface area (Å²) in [6, 6.07) is 13.5. The first kappa shape index (κ1) is 23.0. The summed E-state index contributed by atoms with van der Waals surface area (Å²) in [6.07, 6.45) is 1.63. The summed E-state index contributed by atoms with van der Waals surface area (Å²) in [5.74, 6) is -0.952. The molecule has 0 saturated carbocycles. The number of benzene rings is 2. The number of hydrogen-bond donors (Lipinski definition) is 1. The number of nitrogens with zero attached hydrogens (tertiary/aromatic N) is 2.